The lowest BCUT2D eigenvalue weighted by Gasteiger charge is -2.19. The lowest BCUT2D eigenvalue weighted by atomic mass is 10.0. The van der Waals surface area contributed by atoms with Gasteiger partial charge in [-0.1, -0.05) is 6.07 Å². The molecule has 0 saturated carbocycles. The maximum absolute atomic E-state index is 12.2. The Morgan fingerprint density at radius 2 is 1.96 bits per heavy atom. The second-order valence-electron chi connectivity index (χ2n) is 4.75. The van der Waals surface area contributed by atoms with Gasteiger partial charge in [-0.3, -0.25) is 9.59 Å². The molecule has 0 saturated heterocycles. The molecule has 1 aromatic carbocycles. The van der Waals surface area contributed by atoms with Crippen LogP contribution in [0.3, 0.4) is 0 Å². The summed E-state index contributed by atoms with van der Waals surface area (Å²) in [5, 5.41) is 15.4. The lowest BCUT2D eigenvalue weighted by molar-refractivity contribution is -0.137. The number of nitrogens with one attached hydrogen (secondary N) is 1. The first-order chi connectivity index (χ1) is 11.0. The van der Waals surface area contributed by atoms with Crippen molar-refractivity contribution in [3.63, 3.8) is 0 Å². The number of carbonyl (C=O) groups is 2. The molecule has 0 radical (unpaired) electrons. The molecule has 2 rings (SSSR count). The number of carboxylic acids is 1. The van der Waals surface area contributed by atoms with Gasteiger partial charge >= 0.3 is 5.97 Å². The first-order valence-electron chi connectivity index (χ1n) is 6.82. The van der Waals surface area contributed by atoms with Gasteiger partial charge in [-0.15, -0.1) is 0 Å². The summed E-state index contributed by atoms with van der Waals surface area (Å²) in [4.78, 5) is 23.3. The minimum absolute atomic E-state index is 0.231. The van der Waals surface area contributed by atoms with Gasteiger partial charge in [0.15, 0.2) is 11.5 Å². The molecule has 122 valence electrons. The standard InChI is InChI=1S/C16H17NO5S/c1-21-13-4-3-10(7-14(13)22-2)12(8-15(18)19)17-16(20)11-5-6-23-9-11/h3-7,9,12H,8H2,1-2H3,(H,17,20)(H,18,19). The van der Waals surface area contributed by atoms with Crippen LogP contribution in [0.25, 0.3) is 0 Å². The predicted molar refractivity (Wildman–Crippen MR) is 86.3 cm³/mol. The summed E-state index contributed by atoms with van der Waals surface area (Å²) in [5.41, 5.74) is 1.14. The Labute approximate surface area is 137 Å². The Morgan fingerprint density at radius 1 is 1.22 bits per heavy atom. The molecular weight excluding hydrogens is 318 g/mol. The highest BCUT2D eigenvalue weighted by Gasteiger charge is 2.20. The Bertz CT molecular complexity index is 684. The smallest absolute Gasteiger partial charge is 0.305 e. The van der Waals surface area contributed by atoms with Gasteiger partial charge in [0.25, 0.3) is 5.91 Å². The number of thiophene rings is 1. The van der Waals surface area contributed by atoms with Gasteiger partial charge in [-0.2, -0.15) is 11.3 Å². The van der Waals surface area contributed by atoms with Crippen LogP contribution in [0.15, 0.2) is 35.0 Å². The molecule has 6 nitrogen and oxygen atoms in total. The molecule has 1 unspecified atom stereocenters. The Morgan fingerprint density at radius 3 is 2.52 bits per heavy atom. The summed E-state index contributed by atoms with van der Waals surface area (Å²) in [7, 11) is 3.02. The number of amides is 1. The van der Waals surface area contributed by atoms with Gasteiger partial charge in [0.1, 0.15) is 0 Å². The van der Waals surface area contributed by atoms with Crippen LogP contribution in [-0.4, -0.2) is 31.2 Å². The number of methoxy groups -OCH3 is 2. The van der Waals surface area contributed by atoms with Crippen LogP contribution in [0, 0.1) is 0 Å². The van der Waals surface area contributed by atoms with E-state index in [4.69, 9.17) is 14.6 Å². The lowest BCUT2D eigenvalue weighted by Crippen LogP contribution is -2.30. The largest absolute Gasteiger partial charge is 0.493 e. The van der Waals surface area contributed by atoms with Gasteiger partial charge in [0.2, 0.25) is 0 Å². The van der Waals surface area contributed by atoms with Gasteiger partial charge in [0, 0.05) is 5.38 Å². The maximum Gasteiger partial charge on any atom is 0.305 e. The average molecular weight is 335 g/mol. The fraction of sp³-hybridized carbons (Fsp3) is 0.250. The number of rotatable bonds is 7. The summed E-state index contributed by atoms with van der Waals surface area (Å²) in [6.45, 7) is 0. The van der Waals surface area contributed by atoms with E-state index in [0.717, 1.165) is 0 Å². The predicted octanol–water partition coefficient (Wildman–Crippen LogP) is 2.71. The van der Waals surface area contributed by atoms with Crippen LogP contribution in [0.1, 0.15) is 28.4 Å². The van der Waals surface area contributed by atoms with Crippen molar-refractivity contribution in [2.75, 3.05) is 14.2 Å². The highest BCUT2D eigenvalue weighted by atomic mass is 32.1. The number of carboxylic acid groups (broad SMARTS) is 1. The molecule has 23 heavy (non-hydrogen) atoms. The third kappa shape index (κ3) is 4.23. The molecule has 0 aliphatic carbocycles. The molecule has 7 heteroatoms. The zero-order valence-corrected chi connectivity index (χ0v) is 13.6. The first-order valence-corrected chi connectivity index (χ1v) is 7.76. The van der Waals surface area contributed by atoms with Crippen molar-refractivity contribution < 1.29 is 24.2 Å². The summed E-state index contributed by atoms with van der Waals surface area (Å²) in [6.07, 6.45) is -0.231. The summed E-state index contributed by atoms with van der Waals surface area (Å²) in [6, 6.07) is 6.08. The van der Waals surface area contributed by atoms with Crippen LogP contribution in [-0.2, 0) is 4.79 Å². The molecular formula is C16H17NO5S. The molecule has 1 amide bonds. The molecule has 2 aromatic rings. The third-order valence-electron chi connectivity index (χ3n) is 3.28. The van der Waals surface area contributed by atoms with Crippen molar-refractivity contribution >= 4 is 23.2 Å². The number of ether oxygens (including phenoxy) is 2. The van der Waals surface area contributed by atoms with Crippen LogP contribution >= 0.6 is 11.3 Å². The van der Waals surface area contributed by atoms with E-state index in [1.54, 1.807) is 35.0 Å². The van der Waals surface area contributed by atoms with Crippen LogP contribution in [0.5, 0.6) is 11.5 Å². The van der Waals surface area contributed by atoms with E-state index in [0.29, 0.717) is 22.6 Å². The van der Waals surface area contributed by atoms with Crippen LogP contribution < -0.4 is 14.8 Å². The van der Waals surface area contributed by atoms with E-state index in [2.05, 4.69) is 5.32 Å². The number of benzene rings is 1. The molecule has 1 atom stereocenters. The normalized spacial score (nSPS) is 11.6. The second kappa shape index (κ2) is 7.64. The SMILES string of the molecule is COc1ccc(C(CC(=O)O)NC(=O)c2ccsc2)cc1OC. The fourth-order valence-corrected chi connectivity index (χ4v) is 2.77. The van der Waals surface area contributed by atoms with Crippen molar-refractivity contribution in [3.8, 4) is 11.5 Å². The zero-order chi connectivity index (χ0) is 16.8. The Hall–Kier alpha value is -2.54. The minimum atomic E-state index is -1.00. The highest BCUT2D eigenvalue weighted by molar-refractivity contribution is 7.08. The molecule has 0 aliphatic rings. The minimum Gasteiger partial charge on any atom is -0.493 e. The monoisotopic (exact) mass is 335 g/mol. The summed E-state index contributed by atoms with van der Waals surface area (Å²) < 4.78 is 10.4. The Balaban J connectivity index is 2.27. The van der Waals surface area contributed by atoms with E-state index in [-0.39, 0.29) is 12.3 Å². The van der Waals surface area contributed by atoms with Crippen molar-refractivity contribution in [1.29, 1.82) is 0 Å². The molecule has 0 bridgehead atoms. The van der Waals surface area contributed by atoms with E-state index in [1.807, 2.05) is 0 Å². The Kier molecular flexibility index (Phi) is 5.59. The quantitative estimate of drug-likeness (QED) is 0.813. The molecule has 0 fully saturated rings. The number of hydrogen-bond acceptors (Lipinski definition) is 5. The van der Waals surface area contributed by atoms with Crippen molar-refractivity contribution in [2.24, 2.45) is 0 Å². The van der Waals surface area contributed by atoms with E-state index >= 15 is 0 Å². The third-order valence-corrected chi connectivity index (χ3v) is 3.96. The average Bonchev–Trinajstić information content (AvgIpc) is 3.07. The first kappa shape index (κ1) is 16.8. The summed E-state index contributed by atoms with van der Waals surface area (Å²) >= 11 is 1.40. The molecule has 1 aromatic heterocycles. The fourth-order valence-electron chi connectivity index (χ4n) is 2.13. The maximum atomic E-state index is 12.2. The van der Waals surface area contributed by atoms with Crippen molar-refractivity contribution in [2.45, 2.75) is 12.5 Å². The number of aliphatic carboxylic acids is 1. The molecule has 1 heterocycles. The van der Waals surface area contributed by atoms with Crippen LogP contribution in [0.2, 0.25) is 0 Å². The number of hydrogen-bond donors (Lipinski definition) is 2. The summed E-state index contributed by atoms with van der Waals surface area (Å²) in [5.74, 6) is -0.303. The van der Waals surface area contributed by atoms with Gasteiger partial charge in [-0.25, -0.2) is 0 Å². The van der Waals surface area contributed by atoms with E-state index in [1.165, 1.54) is 25.6 Å². The molecule has 0 spiro atoms. The zero-order valence-electron chi connectivity index (χ0n) is 12.7. The van der Waals surface area contributed by atoms with Gasteiger partial charge < -0.3 is 19.9 Å². The van der Waals surface area contributed by atoms with Crippen molar-refractivity contribution in [1.82, 2.24) is 5.32 Å². The van der Waals surface area contributed by atoms with Crippen LogP contribution in [0.4, 0.5) is 0 Å². The topological polar surface area (TPSA) is 84.9 Å². The van der Waals surface area contributed by atoms with Gasteiger partial charge in [0.05, 0.1) is 32.2 Å². The van der Waals surface area contributed by atoms with E-state index < -0.39 is 12.0 Å². The van der Waals surface area contributed by atoms with Crippen molar-refractivity contribution in [3.05, 3.63) is 46.2 Å². The van der Waals surface area contributed by atoms with E-state index in [9.17, 15) is 9.59 Å². The molecule has 2 N–H and O–H groups in total. The van der Waals surface area contributed by atoms with Gasteiger partial charge in [-0.05, 0) is 29.1 Å². The highest BCUT2D eigenvalue weighted by Crippen LogP contribution is 2.31. The number of carbonyl (C=O) groups excluding carboxylic acids is 1. The molecule has 0 aliphatic heterocycles. The second-order valence-corrected chi connectivity index (χ2v) is 5.53.